The molecule has 0 bridgehead atoms. The summed E-state index contributed by atoms with van der Waals surface area (Å²) < 4.78 is 43.9. The molecule has 2 N–H and O–H groups in total. The third kappa shape index (κ3) is 5.30. The summed E-state index contributed by atoms with van der Waals surface area (Å²) in [4.78, 5) is 16.2. The number of aromatic hydroxyl groups is 1. The van der Waals surface area contributed by atoms with Crippen LogP contribution in [0.5, 0.6) is 17.6 Å². The number of benzene rings is 2. The van der Waals surface area contributed by atoms with Crippen molar-refractivity contribution in [3.63, 3.8) is 0 Å². The number of hydrogen-bond donors (Lipinski definition) is 2. The van der Waals surface area contributed by atoms with Crippen molar-refractivity contribution in [3.05, 3.63) is 41.5 Å². The zero-order valence-electron chi connectivity index (χ0n) is 25.3. The van der Waals surface area contributed by atoms with Crippen LogP contribution in [0, 0.1) is 17.6 Å². The highest BCUT2D eigenvalue weighted by atomic mass is 19.1. The SMILES string of the molecule is CCc1c(F)ccc2cc(O)cc(-c3nc(OC)c4c(N5CCCC(C)C5)nc(OC[C@@]5(CC)CCCN5)nc4c3F)c12. The summed E-state index contributed by atoms with van der Waals surface area (Å²) in [6, 6.07) is 5.98. The van der Waals surface area contributed by atoms with Gasteiger partial charge in [-0.2, -0.15) is 9.97 Å². The molecule has 1 unspecified atom stereocenters. The Hall–Kier alpha value is -3.79. The van der Waals surface area contributed by atoms with Crippen LogP contribution in [0.1, 0.15) is 58.4 Å². The van der Waals surface area contributed by atoms with Gasteiger partial charge in [-0.05, 0) is 85.5 Å². The minimum Gasteiger partial charge on any atom is -0.508 e. The van der Waals surface area contributed by atoms with E-state index in [9.17, 15) is 9.50 Å². The van der Waals surface area contributed by atoms with Gasteiger partial charge in [0.1, 0.15) is 40.6 Å². The summed E-state index contributed by atoms with van der Waals surface area (Å²) in [5, 5.41) is 15.6. The monoisotopic (exact) mass is 591 g/mol. The fourth-order valence-electron chi connectivity index (χ4n) is 6.74. The molecule has 2 saturated heterocycles. The third-order valence-corrected chi connectivity index (χ3v) is 9.11. The number of ether oxygens (including phenoxy) is 2. The second-order valence-electron chi connectivity index (χ2n) is 12.0. The molecule has 0 amide bonds. The number of phenolic OH excluding ortho intramolecular Hbond substituents is 1. The smallest absolute Gasteiger partial charge is 0.319 e. The molecule has 2 aromatic carbocycles. The summed E-state index contributed by atoms with van der Waals surface area (Å²) >= 11 is 0. The normalized spacial score (nSPS) is 20.7. The first-order valence-electron chi connectivity index (χ1n) is 15.3. The highest BCUT2D eigenvalue weighted by molar-refractivity contribution is 6.03. The van der Waals surface area contributed by atoms with Crippen LogP contribution in [0.15, 0.2) is 24.3 Å². The molecular weight excluding hydrogens is 552 g/mol. The maximum Gasteiger partial charge on any atom is 0.319 e. The first-order chi connectivity index (χ1) is 20.8. The summed E-state index contributed by atoms with van der Waals surface area (Å²) in [6.07, 6.45) is 5.37. The molecule has 0 spiro atoms. The Labute approximate surface area is 250 Å². The quantitative estimate of drug-likeness (QED) is 0.239. The van der Waals surface area contributed by atoms with Gasteiger partial charge >= 0.3 is 6.01 Å². The van der Waals surface area contributed by atoms with E-state index in [0.29, 0.717) is 46.5 Å². The Bertz CT molecular complexity index is 1670. The van der Waals surface area contributed by atoms with Gasteiger partial charge in [-0.3, -0.25) is 0 Å². The van der Waals surface area contributed by atoms with Crippen LogP contribution in [0.3, 0.4) is 0 Å². The zero-order chi connectivity index (χ0) is 30.3. The third-order valence-electron chi connectivity index (χ3n) is 9.11. The minimum absolute atomic E-state index is 0.0101. The lowest BCUT2D eigenvalue weighted by Crippen LogP contribution is -2.44. The van der Waals surface area contributed by atoms with Crippen molar-refractivity contribution < 1.29 is 23.4 Å². The van der Waals surface area contributed by atoms with E-state index >= 15 is 4.39 Å². The maximum absolute atomic E-state index is 16.9. The molecule has 0 radical (unpaired) electrons. The Morgan fingerprint density at radius 1 is 1.12 bits per heavy atom. The van der Waals surface area contributed by atoms with Gasteiger partial charge in [0, 0.05) is 18.7 Å². The van der Waals surface area contributed by atoms with E-state index in [2.05, 4.69) is 34.0 Å². The fourth-order valence-corrected chi connectivity index (χ4v) is 6.74. The molecular formula is C33H39F2N5O3. The van der Waals surface area contributed by atoms with Crippen molar-refractivity contribution in [1.29, 1.82) is 0 Å². The molecule has 0 aliphatic carbocycles. The number of hydrogen-bond acceptors (Lipinski definition) is 8. The molecule has 0 saturated carbocycles. The number of aryl methyl sites for hydroxylation is 1. The summed E-state index contributed by atoms with van der Waals surface area (Å²) in [5.74, 6) is -0.0953. The van der Waals surface area contributed by atoms with Crippen LogP contribution in [-0.4, -0.2) is 58.9 Å². The molecule has 2 aliphatic rings. The fraction of sp³-hybridized carbons (Fsp3) is 0.485. The lowest BCUT2D eigenvalue weighted by atomic mass is 9.94. The van der Waals surface area contributed by atoms with Gasteiger partial charge in [-0.15, -0.1) is 0 Å². The number of halogens is 2. The van der Waals surface area contributed by atoms with Gasteiger partial charge in [0.25, 0.3) is 0 Å². The van der Waals surface area contributed by atoms with Gasteiger partial charge < -0.3 is 24.8 Å². The number of nitrogens with one attached hydrogen (secondary N) is 1. The Morgan fingerprint density at radius 2 is 1.95 bits per heavy atom. The molecule has 2 fully saturated rings. The highest BCUT2D eigenvalue weighted by Crippen LogP contribution is 2.42. The number of anilines is 1. The first kappa shape index (κ1) is 29.3. The number of nitrogens with zero attached hydrogens (tertiary/aromatic N) is 4. The molecule has 4 aromatic rings. The van der Waals surface area contributed by atoms with Crippen LogP contribution < -0.4 is 19.7 Å². The van der Waals surface area contributed by atoms with Crippen LogP contribution in [-0.2, 0) is 6.42 Å². The van der Waals surface area contributed by atoms with Crippen molar-refractivity contribution in [2.75, 3.05) is 38.3 Å². The second-order valence-corrected chi connectivity index (χ2v) is 12.0. The lowest BCUT2D eigenvalue weighted by molar-refractivity contribution is 0.181. The minimum atomic E-state index is -0.711. The van der Waals surface area contributed by atoms with E-state index in [4.69, 9.17) is 14.5 Å². The molecule has 2 aromatic heterocycles. The summed E-state index contributed by atoms with van der Waals surface area (Å²) in [6.45, 7) is 8.93. The molecule has 10 heteroatoms. The summed E-state index contributed by atoms with van der Waals surface area (Å²) in [5.41, 5.74) is 0.417. The van der Waals surface area contributed by atoms with Crippen molar-refractivity contribution in [2.45, 2.75) is 64.8 Å². The van der Waals surface area contributed by atoms with E-state index < -0.39 is 11.6 Å². The van der Waals surface area contributed by atoms with E-state index in [-0.39, 0.29) is 40.0 Å². The van der Waals surface area contributed by atoms with Crippen molar-refractivity contribution in [2.24, 2.45) is 5.92 Å². The number of pyridine rings is 1. The molecule has 2 aliphatic heterocycles. The number of rotatable bonds is 8. The molecule has 6 rings (SSSR count). The van der Waals surface area contributed by atoms with Gasteiger partial charge in [0.2, 0.25) is 5.88 Å². The Balaban J connectivity index is 1.59. The average molecular weight is 592 g/mol. The maximum atomic E-state index is 16.9. The second kappa shape index (κ2) is 11.7. The Morgan fingerprint density at radius 3 is 2.65 bits per heavy atom. The van der Waals surface area contributed by atoms with Crippen LogP contribution in [0.25, 0.3) is 32.9 Å². The van der Waals surface area contributed by atoms with Crippen LogP contribution in [0.2, 0.25) is 0 Å². The highest BCUT2D eigenvalue weighted by Gasteiger charge is 2.34. The number of piperidine rings is 1. The number of methoxy groups -OCH3 is 1. The van der Waals surface area contributed by atoms with Crippen molar-refractivity contribution >= 4 is 27.5 Å². The molecule has 228 valence electrons. The number of phenols is 1. The van der Waals surface area contributed by atoms with Crippen LogP contribution in [0.4, 0.5) is 14.6 Å². The number of aromatic nitrogens is 3. The molecule has 43 heavy (non-hydrogen) atoms. The van der Waals surface area contributed by atoms with E-state index in [1.165, 1.54) is 25.3 Å². The lowest BCUT2D eigenvalue weighted by Gasteiger charge is -2.33. The van der Waals surface area contributed by atoms with E-state index in [0.717, 1.165) is 51.7 Å². The van der Waals surface area contributed by atoms with Gasteiger partial charge in [-0.25, -0.2) is 13.8 Å². The van der Waals surface area contributed by atoms with Crippen molar-refractivity contribution in [3.8, 4) is 28.9 Å². The summed E-state index contributed by atoms with van der Waals surface area (Å²) in [7, 11) is 1.48. The zero-order valence-corrected chi connectivity index (χ0v) is 25.3. The largest absolute Gasteiger partial charge is 0.508 e. The predicted molar refractivity (Wildman–Crippen MR) is 164 cm³/mol. The molecule has 2 atom stereocenters. The topological polar surface area (TPSA) is 92.6 Å². The van der Waals surface area contributed by atoms with E-state index in [1.54, 1.807) is 6.07 Å². The predicted octanol–water partition coefficient (Wildman–Crippen LogP) is 6.55. The van der Waals surface area contributed by atoms with Gasteiger partial charge in [0.05, 0.1) is 12.6 Å². The molecule has 8 nitrogen and oxygen atoms in total. The first-order valence-corrected chi connectivity index (χ1v) is 15.3. The van der Waals surface area contributed by atoms with Crippen LogP contribution >= 0.6 is 0 Å². The van der Waals surface area contributed by atoms with Crippen molar-refractivity contribution in [1.82, 2.24) is 20.3 Å². The van der Waals surface area contributed by atoms with E-state index in [1.807, 2.05) is 6.92 Å². The number of fused-ring (bicyclic) bond motifs is 2. The van der Waals surface area contributed by atoms with Gasteiger partial charge in [-0.1, -0.05) is 26.8 Å². The Kier molecular flexibility index (Phi) is 7.98. The van der Waals surface area contributed by atoms with Gasteiger partial charge in [0.15, 0.2) is 5.82 Å². The standard InChI is InChI=1S/C33H39F2N5O3/c1-5-22-24(34)11-10-20-15-21(41)16-23(25(20)22)28-27(35)29-26(31(37-28)42-4)30(40-14-7-9-19(3)17-40)39-32(38-29)43-18-33(6-2)12-8-13-36-33/h10-11,15-16,19,36,41H,5-9,12-14,17-18H2,1-4H3/t19?,33-/m1/s1. The molecule has 4 heterocycles. The average Bonchev–Trinajstić information content (AvgIpc) is 3.49.